The summed E-state index contributed by atoms with van der Waals surface area (Å²) in [6.07, 6.45) is 0.634. The minimum absolute atomic E-state index is 0.467. The van der Waals surface area contributed by atoms with Gasteiger partial charge in [-0.05, 0) is 24.1 Å². The van der Waals surface area contributed by atoms with Gasteiger partial charge in [0.1, 0.15) is 0 Å². The molecule has 0 fully saturated rings. The highest BCUT2D eigenvalue weighted by Gasteiger charge is 2.11. The molecule has 2 rings (SSSR count). The van der Waals surface area contributed by atoms with Crippen molar-refractivity contribution in [1.82, 2.24) is 4.90 Å². The second-order valence-corrected chi connectivity index (χ2v) is 4.29. The maximum absolute atomic E-state index is 10.7. The first-order valence-electron chi connectivity index (χ1n) is 5.99. The van der Waals surface area contributed by atoms with E-state index < -0.39 is 6.09 Å². The summed E-state index contributed by atoms with van der Waals surface area (Å²) < 4.78 is 11.1. The first-order valence-corrected chi connectivity index (χ1v) is 5.99. The van der Waals surface area contributed by atoms with Crippen LogP contribution in [0.1, 0.15) is 12.0 Å². The molecular formula is C13H17NO4. The molecule has 0 saturated carbocycles. The van der Waals surface area contributed by atoms with Crippen LogP contribution in [0, 0.1) is 0 Å². The van der Waals surface area contributed by atoms with Gasteiger partial charge in [0.05, 0.1) is 13.2 Å². The lowest BCUT2D eigenvalue weighted by molar-refractivity contribution is 0.156. The summed E-state index contributed by atoms with van der Waals surface area (Å²) in [7, 11) is 1.56. The summed E-state index contributed by atoms with van der Waals surface area (Å²) in [4.78, 5) is 11.9. The minimum atomic E-state index is -0.913. The summed E-state index contributed by atoms with van der Waals surface area (Å²) in [6, 6.07) is 5.76. The maximum atomic E-state index is 10.7. The molecule has 0 atom stereocenters. The van der Waals surface area contributed by atoms with E-state index in [4.69, 9.17) is 14.6 Å². The quantitative estimate of drug-likeness (QED) is 0.892. The van der Waals surface area contributed by atoms with Gasteiger partial charge in [0.15, 0.2) is 11.5 Å². The van der Waals surface area contributed by atoms with Crippen LogP contribution in [0.15, 0.2) is 18.2 Å². The summed E-state index contributed by atoms with van der Waals surface area (Å²) >= 11 is 0. The van der Waals surface area contributed by atoms with Gasteiger partial charge in [-0.25, -0.2) is 4.79 Å². The predicted molar refractivity (Wildman–Crippen MR) is 66.4 cm³/mol. The minimum Gasteiger partial charge on any atom is -0.490 e. The first-order chi connectivity index (χ1) is 8.66. The van der Waals surface area contributed by atoms with Crippen molar-refractivity contribution in [3.8, 4) is 11.5 Å². The molecule has 0 aliphatic carbocycles. The van der Waals surface area contributed by atoms with Crippen molar-refractivity contribution < 1.29 is 19.4 Å². The van der Waals surface area contributed by atoms with Gasteiger partial charge in [-0.1, -0.05) is 6.07 Å². The van der Waals surface area contributed by atoms with Crippen LogP contribution in [0.4, 0.5) is 4.79 Å². The van der Waals surface area contributed by atoms with Crippen LogP contribution in [0.3, 0.4) is 0 Å². The monoisotopic (exact) mass is 251 g/mol. The number of rotatable bonds is 3. The molecular weight excluding hydrogens is 234 g/mol. The van der Waals surface area contributed by atoms with Crippen LogP contribution in [-0.4, -0.2) is 42.9 Å². The molecule has 0 unspecified atom stereocenters. The van der Waals surface area contributed by atoms with E-state index in [1.165, 1.54) is 4.90 Å². The van der Waals surface area contributed by atoms with E-state index in [0.29, 0.717) is 26.2 Å². The second kappa shape index (κ2) is 5.62. The van der Waals surface area contributed by atoms with Gasteiger partial charge in [0, 0.05) is 20.0 Å². The fraction of sp³-hybridized carbons (Fsp3) is 0.462. The zero-order valence-electron chi connectivity index (χ0n) is 10.4. The van der Waals surface area contributed by atoms with Crippen molar-refractivity contribution in [3.05, 3.63) is 23.8 Å². The molecule has 18 heavy (non-hydrogen) atoms. The molecule has 98 valence electrons. The van der Waals surface area contributed by atoms with Crippen LogP contribution >= 0.6 is 0 Å². The third kappa shape index (κ3) is 3.06. The van der Waals surface area contributed by atoms with Crippen molar-refractivity contribution in [2.45, 2.75) is 12.8 Å². The number of ether oxygens (including phenoxy) is 2. The lowest BCUT2D eigenvalue weighted by atomic mass is 10.1. The van der Waals surface area contributed by atoms with E-state index in [0.717, 1.165) is 23.5 Å². The van der Waals surface area contributed by atoms with Gasteiger partial charge in [0.2, 0.25) is 0 Å². The molecule has 1 heterocycles. The predicted octanol–water partition coefficient (Wildman–Crippen LogP) is 2.00. The summed E-state index contributed by atoms with van der Waals surface area (Å²) in [5.41, 5.74) is 1.05. The van der Waals surface area contributed by atoms with Crippen LogP contribution in [0.2, 0.25) is 0 Å². The Morgan fingerprint density at radius 2 is 2.06 bits per heavy atom. The normalized spacial score (nSPS) is 13.8. The smallest absolute Gasteiger partial charge is 0.407 e. The van der Waals surface area contributed by atoms with E-state index in [9.17, 15) is 4.79 Å². The van der Waals surface area contributed by atoms with E-state index in [-0.39, 0.29) is 0 Å². The Morgan fingerprint density at radius 1 is 1.33 bits per heavy atom. The zero-order valence-corrected chi connectivity index (χ0v) is 10.4. The molecule has 1 aromatic rings. The fourth-order valence-electron chi connectivity index (χ4n) is 1.76. The Bertz CT molecular complexity index is 433. The first kappa shape index (κ1) is 12.5. The second-order valence-electron chi connectivity index (χ2n) is 4.29. The molecule has 1 amide bonds. The molecule has 0 radical (unpaired) electrons. The summed E-state index contributed by atoms with van der Waals surface area (Å²) in [5.74, 6) is 1.52. The van der Waals surface area contributed by atoms with Gasteiger partial charge in [0.25, 0.3) is 0 Å². The number of amides is 1. The van der Waals surface area contributed by atoms with Crippen LogP contribution < -0.4 is 9.47 Å². The molecule has 0 aromatic heterocycles. The molecule has 1 aromatic carbocycles. The molecule has 5 heteroatoms. The van der Waals surface area contributed by atoms with Crippen LogP contribution in [0.5, 0.6) is 11.5 Å². The number of hydrogen-bond acceptors (Lipinski definition) is 3. The van der Waals surface area contributed by atoms with E-state index in [1.54, 1.807) is 7.05 Å². The molecule has 1 N–H and O–H groups in total. The van der Waals surface area contributed by atoms with Crippen molar-refractivity contribution in [2.75, 3.05) is 26.8 Å². The number of hydrogen-bond donors (Lipinski definition) is 1. The Balaban J connectivity index is 2.02. The third-order valence-corrected chi connectivity index (χ3v) is 2.87. The zero-order chi connectivity index (χ0) is 13.0. The average Bonchev–Trinajstić information content (AvgIpc) is 2.60. The summed E-state index contributed by atoms with van der Waals surface area (Å²) in [5, 5.41) is 8.77. The van der Waals surface area contributed by atoms with Crippen molar-refractivity contribution in [2.24, 2.45) is 0 Å². The Hall–Kier alpha value is -1.91. The van der Waals surface area contributed by atoms with Gasteiger partial charge in [-0.15, -0.1) is 0 Å². The Kier molecular flexibility index (Phi) is 3.92. The van der Waals surface area contributed by atoms with Gasteiger partial charge >= 0.3 is 6.09 Å². The van der Waals surface area contributed by atoms with Crippen molar-refractivity contribution in [1.29, 1.82) is 0 Å². The number of likely N-dealkylation sites (N-methyl/N-ethyl adjacent to an activating group) is 1. The number of benzene rings is 1. The molecule has 5 nitrogen and oxygen atoms in total. The topological polar surface area (TPSA) is 59.0 Å². The average molecular weight is 251 g/mol. The van der Waals surface area contributed by atoms with Gasteiger partial charge in [-0.2, -0.15) is 0 Å². The van der Waals surface area contributed by atoms with E-state index in [1.807, 2.05) is 18.2 Å². The molecule has 0 bridgehead atoms. The maximum Gasteiger partial charge on any atom is 0.407 e. The lowest BCUT2D eigenvalue weighted by Crippen LogP contribution is -2.26. The van der Waals surface area contributed by atoms with Crippen molar-refractivity contribution in [3.63, 3.8) is 0 Å². The Morgan fingerprint density at radius 3 is 2.78 bits per heavy atom. The number of carbonyl (C=O) groups is 1. The fourth-order valence-corrected chi connectivity index (χ4v) is 1.76. The lowest BCUT2D eigenvalue weighted by Gasteiger charge is -2.13. The summed E-state index contributed by atoms with van der Waals surface area (Å²) in [6.45, 7) is 1.80. The highest BCUT2D eigenvalue weighted by Crippen LogP contribution is 2.30. The van der Waals surface area contributed by atoms with Crippen LogP contribution in [0.25, 0.3) is 0 Å². The third-order valence-electron chi connectivity index (χ3n) is 2.87. The highest BCUT2D eigenvalue weighted by molar-refractivity contribution is 5.64. The standard InChI is InChI=1S/C13H17NO4/c1-14(13(15)16)6-5-10-3-4-11-12(9-10)18-8-2-7-17-11/h3-4,9H,2,5-8H2,1H3,(H,15,16). The molecule has 0 spiro atoms. The largest absolute Gasteiger partial charge is 0.490 e. The molecule has 0 saturated heterocycles. The molecule has 1 aliphatic heterocycles. The highest BCUT2D eigenvalue weighted by atomic mass is 16.5. The number of fused-ring (bicyclic) bond motifs is 1. The van der Waals surface area contributed by atoms with Crippen LogP contribution in [-0.2, 0) is 6.42 Å². The van der Waals surface area contributed by atoms with E-state index >= 15 is 0 Å². The molecule has 1 aliphatic rings. The van der Waals surface area contributed by atoms with Gasteiger partial charge < -0.3 is 19.5 Å². The number of nitrogens with zero attached hydrogens (tertiary/aromatic N) is 1. The van der Waals surface area contributed by atoms with Gasteiger partial charge in [-0.3, -0.25) is 0 Å². The number of carboxylic acid groups (broad SMARTS) is 1. The van der Waals surface area contributed by atoms with Crippen molar-refractivity contribution >= 4 is 6.09 Å². The SMILES string of the molecule is CN(CCc1ccc2c(c1)OCCCO2)C(=O)O. The Labute approximate surface area is 106 Å². The van der Waals surface area contributed by atoms with E-state index in [2.05, 4.69) is 0 Å².